The molecule has 1 rings (SSSR count). The minimum Gasteiger partial charge on any atom is -0.452 e. The summed E-state index contributed by atoms with van der Waals surface area (Å²) in [4.78, 5) is 35.9. The Morgan fingerprint density at radius 3 is 2.55 bits per heavy atom. The molecule has 0 bridgehead atoms. The smallest absolute Gasteiger partial charge is 0.340 e. The number of nitrogens with one attached hydrogen (secondary N) is 1. The number of carbonyl (C=O) groups is 3. The van der Waals surface area contributed by atoms with Crippen LogP contribution in [0, 0.1) is 0 Å². The van der Waals surface area contributed by atoms with Crippen molar-refractivity contribution >= 4 is 46.7 Å². The van der Waals surface area contributed by atoms with Crippen LogP contribution in [0.1, 0.15) is 10.4 Å². The van der Waals surface area contributed by atoms with Crippen LogP contribution in [0.25, 0.3) is 0 Å². The van der Waals surface area contributed by atoms with E-state index in [4.69, 9.17) is 33.7 Å². The second-order valence-electron chi connectivity index (χ2n) is 4.35. The number of nitrogen functional groups attached to an aromatic ring is 1. The van der Waals surface area contributed by atoms with Gasteiger partial charge in [-0.05, 0) is 12.1 Å². The molecule has 0 aliphatic heterocycles. The molecule has 0 radical (unpaired) electrons. The number of rotatable bonds is 5. The third-order valence-electron chi connectivity index (χ3n) is 2.73. The van der Waals surface area contributed by atoms with Crippen LogP contribution < -0.4 is 11.1 Å². The fourth-order valence-electron chi connectivity index (χ4n) is 1.45. The maximum Gasteiger partial charge on any atom is 0.340 e. The first-order chi connectivity index (χ1) is 10.3. The average molecular weight is 348 g/mol. The first-order valence-electron chi connectivity index (χ1n) is 6.12. The van der Waals surface area contributed by atoms with E-state index in [9.17, 15) is 14.4 Å². The first kappa shape index (κ1) is 18.1. The van der Waals surface area contributed by atoms with Crippen molar-refractivity contribution in [2.24, 2.45) is 0 Å². The number of hydrogen-bond donors (Lipinski definition) is 2. The second-order valence-corrected chi connectivity index (χ2v) is 5.19. The Hall–Kier alpha value is -1.99. The van der Waals surface area contributed by atoms with Gasteiger partial charge in [0, 0.05) is 19.1 Å². The lowest BCUT2D eigenvalue weighted by Crippen LogP contribution is -2.39. The van der Waals surface area contributed by atoms with E-state index in [0.717, 1.165) is 4.90 Å². The Balaban J connectivity index is 2.67. The standard InChI is InChI=1S/C13H15Cl2N3O4/c1-17-10(19)5-18(2)11(20)6-22-13(21)8-3-7(14)4-9(15)12(8)16/h3-4H,5-6,16H2,1-2H3,(H,17,19). The summed E-state index contributed by atoms with van der Waals surface area (Å²) in [5.41, 5.74) is 5.65. The Kier molecular flexibility index (Phi) is 6.45. The summed E-state index contributed by atoms with van der Waals surface area (Å²) in [6.45, 7) is -0.673. The molecule has 22 heavy (non-hydrogen) atoms. The van der Waals surface area contributed by atoms with Gasteiger partial charge in [-0.2, -0.15) is 0 Å². The molecule has 0 spiro atoms. The van der Waals surface area contributed by atoms with Gasteiger partial charge in [0.05, 0.1) is 22.8 Å². The maximum atomic E-state index is 11.9. The van der Waals surface area contributed by atoms with E-state index in [1.54, 1.807) is 0 Å². The number of nitrogens with two attached hydrogens (primary N) is 1. The zero-order valence-corrected chi connectivity index (χ0v) is 13.5. The lowest BCUT2D eigenvalue weighted by atomic mass is 10.2. The summed E-state index contributed by atoms with van der Waals surface area (Å²) in [7, 11) is 2.86. The molecule has 0 saturated heterocycles. The Bertz CT molecular complexity index is 607. The van der Waals surface area contributed by atoms with Gasteiger partial charge in [-0.25, -0.2) is 4.79 Å². The molecule has 0 atom stereocenters. The highest BCUT2D eigenvalue weighted by atomic mass is 35.5. The SMILES string of the molecule is CNC(=O)CN(C)C(=O)COC(=O)c1cc(Cl)cc(Cl)c1N. The zero-order valence-electron chi connectivity index (χ0n) is 12.0. The lowest BCUT2D eigenvalue weighted by molar-refractivity contribution is -0.137. The Morgan fingerprint density at radius 2 is 1.95 bits per heavy atom. The molecule has 0 unspecified atom stereocenters. The molecule has 7 nitrogen and oxygen atoms in total. The van der Waals surface area contributed by atoms with Crippen LogP contribution in [0.4, 0.5) is 5.69 Å². The molecule has 0 saturated carbocycles. The van der Waals surface area contributed by atoms with Crippen LogP contribution in [0.5, 0.6) is 0 Å². The topological polar surface area (TPSA) is 102 Å². The number of halogens is 2. The minimum atomic E-state index is -0.830. The van der Waals surface area contributed by atoms with E-state index in [1.807, 2.05) is 0 Å². The number of carbonyl (C=O) groups excluding carboxylic acids is 3. The molecule has 0 aromatic heterocycles. The summed E-state index contributed by atoms with van der Waals surface area (Å²) >= 11 is 11.6. The van der Waals surface area contributed by atoms with E-state index >= 15 is 0 Å². The molecule has 0 fully saturated rings. The summed E-state index contributed by atoms with van der Waals surface area (Å²) in [5, 5.41) is 2.71. The molecular weight excluding hydrogens is 333 g/mol. The van der Waals surface area contributed by atoms with Gasteiger partial charge in [0.15, 0.2) is 6.61 Å². The average Bonchev–Trinajstić information content (AvgIpc) is 2.47. The Labute approximate surface area is 137 Å². The summed E-state index contributed by atoms with van der Waals surface area (Å²) < 4.78 is 4.86. The van der Waals surface area contributed by atoms with Crippen molar-refractivity contribution in [1.29, 1.82) is 0 Å². The molecule has 2 amide bonds. The number of benzene rings is 1. The van der Waals surface area contributed by atoms with Crippen molar-refractivity contribution in [3.05, 3.63) is 27.7 Å². The molecule has 1 aromatic rings. The van der Waals surface area contributed by atoms with E-state index in [0.29, 0.717) is 0 Å². The highest BCUT2D eigenvalue weighted by molar-refractivity contribution is 6.37. The van der Waals surface area contributed by atoms with Gasteiger partial charge in [0.1, 0.15) is 0 Å². The van der Waals surface area contributed by atoms with E-state index in [-0.39, 0.29) is 33.7 Å². The molecule has 120 valence electrons. The summed E-state index contributed by atoms with van der Waals surface area (Å²) in [6.07, 6.45) is 0. The molecule has 0 aliphatic carbocycles. The predicted molar refractivity (Wildman–Crippen MR) is 82.9 cm³/mol. The highest BCUT2D eigenvalue weighted by Crippen LogP contribution is 2.27. The number of nitrogens with zero attached hydrogens (tertiary/aromatic N) is 1. The predicted octanol–water partition coefficient (Wildman–Crippen LogP) is 0.937. The molecule has 3 N–H and O–H groups in total. The molecule has 0 heterocycles. The van der Waals surface area contributed by atoms with Gasteiger partial charge in [-0.1, -0.05) is 23.2 Å². The van der Waals surface area contributed by atoms with E-state index in [2.05, 4.69) is 5.32 Å². The number of ether oxygens (including phenoxy) is 1. The largest absolute Gasteiger partial charge is 0.452 e. The van der Waals surface area contributed by atoms with Crippen LogP contribution in [-0.2, 0) is 14.3 Å². The number of anilines is 1. The summed E-state index contributed by atoms with van der Waals surface area (Å²) in [6, 6.07) is 2.68. The van der Waals surface area contributed by atoms with Crippen molar-refractivity contribution in [2.45, 2.75) is 0 Å². The van der Waals surface area contributed by atoms with Gasteiger partial charge >= 0.3 is 5.97 Å². The summed E-state index contributed by atoms with van der Waals surface area (Å²) in [5.74, 6) is -1.71. The third kappa shape index (κ3) is 4.78. The van der Waals surface area contributed by atoms with Crippen LogP contribution in [0.2, 0.25) is 10.0 Å². The van der Waals surface area contributed by atoms with Crippen molar-refractivity contribution in [3.63, 3.8) is 0 Å². The Morgan fingerprint density at radius 1 is 1.32 bits per heavy atom. The lowest BCUT2D eigenvalue weighted by Gasteiger charge is -2.16. The highest BCUT2D eigenvalue weighted by Gasteiger charge is 2.18. The molecule has 0 aliphatic rings. The number of esters is 1. The number of amides is 2. The second kappa shape index (κ2) is 7.86. The van der Waals surface area contributed by atoms with Crippen LogP contribution in [-0.4, -0.2) is 49.9 Å². The van der Waals surface area contributed by atoms with Gasteiger partial charge in [0.25, 0.3) is 5.91 Å². The van der Waals surface area contributed by atoms with Gasteiger partial charge in [0.2, 0.25) is 5.91 Å². The van der Waals surface area contributed by atoms with Crippen molar-refractivity contribution in [3.8, 4) is 0 Å². The van der Waals surface area contributed by atoms with E-state index < -0.39 is 18.5 Å². The molecule has 1 aromatic carbocycles. The monoisotopic (exact) mass is 347 g/mol. The van der Waals surface area contributed by atoms with Crippen LogP contribution in [0.15, 0.2) is 12.1 Å². The third-order valence-corrected chi connectivity index (χ3v) is 3.26. The number of likely N-dealkylation sites (N-methyl/N-ethyl adjacent to an activating group) is 2. The normalized spacial score (nSPS) is 10.0. The zero-order chi connectivity index (χ0) is 16.9. The molecular formula is C13H15Cl2N3O4. The first-order valence-corrected chi connectivity index (χ1v) is 6.88. The van der Waals surface area contributed by atoms with Crippen molar-refractivity contribution in [2.75, 3.05) is 33.0 Å². The van der Waals surface area contributed by atoms with Crippen molar-refractivity contribution < 1.29 is 19.1 Å². The fourth-order valence-corrected chi connectivity index (χ4v) is 1.94. The number of hydrogen-bond acceptors (Lipinski definition) is 5. The van der Waals surface area contributed by atoms with Gasteiger partial charge in [-0.15, -0.1) is 0 Å². The van der Waals surface area contributed by atoms with Crippen molar-refractivity contribution in [1.82, 2.24) is 10.2 Å². The van der Waals surface area contributed by atoms with E-state index in [1.165, 1.54) is 26.2 Å². The minimum absolute atomic E-state index is 0.0160. The molecule has 9 heteroatoms. The fraction of sp³-hybridized carbons (Fsp3) is 0.308. The maximum absolute atomic E-state index is 11.9. The van der Waals surface area contributed by atoms with Gasteiger partial charge in [-0.3, -0.25) is 9.59 Å². The van der Waals surface area contributed by atoms with Gasteiger partial charge < -0.3 is 20.7 Å². The van der Waals surface area contributed by atoms with Crippen LogP contribution in [0.3, 0.4) is 0 Å². The quantitative estimate of drug-likeness (QED) is 0.609. The van der Waals surface area contributed by atoms with Crippen LogP contribution >= 0.6 is 23.2 Å².